The van der Waals surface area contributed by atoms with Gasteiger partial charge in [-0.15, -0.1) is 0 Å². The Balaban J connectivity index is 1.93. The number of aliphatic hydroxyl groups is 1. The van der Waals surface area contributed by atoms with Gasteiger partial charge in [-0.25, -0.2) is 12.8 Å². The zero-order valence-corrected chi connectivity index (χ0v) is 24.6. The van der Waals surface area contributed by atoms with Gasteiger partial charge in [-0.3, -0.25) is 13.9 Å². The van der Waals surface area contributed by atoms with E-state index < -0.39 is 45.8 Å². The molecule has 220 valence electrons. The molecule has 0 aliphatic rings. The van der Waals surface area contributed by atoms with Crippen molar-refractivity contribution in [3.63, 3.8) is 0 Å². The molecular weight excluding hydrogens is 545 g/mol. The second-order valence-corrected chi connectivity index (χ2v) is 12.2. The molecule has 0 heterocycles. The highest BCUT2D eigenvalue weighted by atomic mass is 32.2. The number of halogens is 1. The smallest absolute Gasteiger partial charge is 0.251 e. The third kappa shape index (κ3) is 9.12. The Bertz CT molecular complexity index is 1430. The van der Waals surface area contributed by atoms with Crippen LogP contribution in [-0.4, -0.2) is 50.8 Å². The lowest BCUT2D eigenvalue weighted by Gasteiger charge is -2.25. The van der Waals surface area contributed by atoms with Gasteiger partial charge in [-0.1, -0.05) is 62.2 Å². The van der Waals surface area contributed by atoms with Crippen molar-refractivity contribution in [2.45, 2.75) is 57.7 Å². The van der Waals surface area contributed by atoms with Crippen LogP contribution in [0, 0.1) is 5.82 Å². The Morgan fingerprint density at radius 1 is 0.951 bits per heavy atom. The van der Waals surface area contributed by atoms with Crippen molar-refractivity contribution in [2.24, 2.45) is 0 Å². The summed E-state index contributed by atoms with van der Waals surface area (Å²) in [4.78, 5) is 26.8. The first-order chi connectivity index (χ1) is 19.4. The van der Waals surface area contributed by atoms with Crippen molar-refractivity contribution in [3.8, 4) is 0 Å². The second-order valence-electron chi connectivity index (χ2n) is 10.2. The molecule has 3 rings (SSSR count). The number of nitrogens with one attached hydrogen (secondary N) is 2. The molecule has 3 N–H and O–H groups in total. The molecule has 3 aromatic rings. The van der Waals surface area contributed by atoms with Crippen LogP contribution in [0.25, 0.3) is 0 Å². The van der Waals surface area contributed by atoms with Crippen LogP contribution >= 0.6 is 0 Å². The molecule has 2 amide bonds. The molecule has 0 aliphatic carbocycles. The van der Waals surface area contributed by atoms with E-state index in [1.54, 1.807) is 19.1 Å². The molecule has 0 aromatic heterocycles. The number of hydrogen-bond donors (Lipinski definition) is 3. The molecule has 0 radical (unpaired) electrons. The molecule has 3 atom stereocenters. The Morgan fingerprint density at radius 2 is 1.54 bits per heavy atom. The lowest BCUT2D eigenvalue weighted by Crippen LogP contribution is -2.45. The van der Waals surface area contributed by atoms with Gasteiger partial charge in [0.1, 0.15) is 5.82 Å². The van der Waals surface area contributed by atoms with Crippen LogP contribution < -0.4 is 14.9 Å². The molecule has 0 fully saturated rings. The Morgan fingerprint density at radius 3 is 2.10 bits per heavy atom. The number of amides is 2. The number of sulfonamides is 1. The fourth-order valence-corrected chi connectivity index (χ4v) is 4.87. The van der Waals surface area contributed by atoms with Crippen LogP contribution in [0.5, 0.6) is 0 Å². The van der Waals surface area contributed by atoms with Crippen LogP contribution in [0.1, 0.15) is 71.0 Å². The minimum Gasteiger partial charge on any atom is -0.391 e. The summed E-state index contributed by atoms with van der Waals surface area (Å²) in [6, 6.07) is 18.3. The van der Waals surface area contributed by atoms with E-state index in [-0.39, 0.29) is 16.8 Å². The Kier molecular flexibility index (Phi) is 11.0. The largest absolute Gasteiger partial charge is 0.391 e. The molecule has 0 unspecified atom stereocenters. The number of unbranched alkanes of at least 4 members (excludes halogenated alkanes) is 1. The normalized spacial score (nSPS) is 13.6. The predicted octanol–water partition coefficient (Wildman–Crippen LogP) is 4.60. The van der Waals surface area contributed by atoms with Crippen LogP contribution in [0.2, 0.25) is 0 Å². The molecule has 0 saturated heterocycles. The number of rotatable bonds is 13. The quantitative estimate of drug-likeness (QED) is 0.272. The van der Waals surface area contributed by atoms with E-state index in [1.807, 2.05) is 37.3 Å². The first kappa shape index (κ1) is 31.8. The first-order valence-electron chi connectivity index (χ1n) is 13.6. The maximum atomic E-state index is 13.5. The van der Waals surface area contributed by atoms with Crippen LogP contribution in [0.3, 0.4) is 0 Å². The van der Waals surface area contributed by atoms with E-state index in [1.165, 1.54) is 37.4 Å². The van der Waals surface area contributed by atoms with Gasteiger partial charge in [0.25, 0.3) is 11.8 Å². The maximum Gasteiger partial charge on any atom is 0.251 e. The molecule has 3 aromatic carbocycles. The fourth-order valence-electron chi connectivity index (χ4n) is 4.38. The monoisotopic (exact) mass is 583 g/mol. The van der Waals surface area contributed by atoms with Crippen LogP contribution in [-0.2, 0) is 16.4 Å². The average molecular weight is 584 g/mol. The van der Waals surface area contributed by atoms with Crippen molar-refractivity contribution in [1.82, 2.24) is 10.6 Å². The van der Waals surface area contributed by atoms with Gasteiger partial charge in [0.05, 0.1) is 30.1 Å². The highest BCUT2D eigenvalue weighted by Crippen LogP contribution is 2.23. The number of hydrogen-bond acceptors (Lipinski definition) is 5. The van der Waals surface area contributed by atoms with Gasteiger partial charge in [-0.05, 0) is 61.2 Å². The standard InChI is InChI=1S/C31H38FN3O5S/c1-5-6-12-29(36)28(17-22-10-8-7-9-11-22)34-31(38)25-18-24(19-27(20-25)35(3)41(4,39)40)30(37)33-21(2)23-13-15-26(32)16-14-23/h7-11,13-16,18-21,28-29,36H,5-6,12,17H2,1-4H3,(H,33,37)(H,34,38)/t21-,28+,29+/m1/s1. The maximum absolute atomic E-state index is 13.5. The van der Waals surface area contributed by atoms with E-state index in [0.717, 1.165) is 29.0 Å². The number of carbonyl (C=O) groups excluding carboxylic acids is 2. The molecule has 8 nitrogen and oxygen atoms in total. The van der Waals surface area contributed by atoms with Crippen LogP contribution in [0.15, 0.2) is 72.8 Å². The van der Waals surface area contributed by atoms with Gasteiger partial charge in [0, 0.05) is 18.2 Å². The molecular formula is C31H38FN3O5S. The summed E-state index contributed by atoms with van der Waals surface area (Å²) in [6.45, 7) is 3.75. The van der Waals surface area contributed by atoms with Crippen molar-refractivity contribution in [2.75, 3.05) is 17.6 Å². The van der Waals surface area contributed by atoms with E-state index in [2.05, 4.69) is 10.6 Å². The third-order valence-corrected chi connectivity index (χ3v) is 8.16. The van der Waals surface area contributed by atoms with Gasteiger partial charge in [-0.2, -0.15) is 0 Å². The van der Waals surface area contributed by atoms with E-state index in [0.29, 0.717) is 18.4 Å². The summed E-state index contributed by atoms with van der Waals surface area (Å²) in [7, 11) is -2.37. The van der Waals surface area contributed by atoms with Crippen molar-refractivity contribution in [1.29, 1.82) is 0 Å². The zero-order valence-electron chi connectivity index (χ0n) is 23.8. The number of benzene rings is 3. The van der Waals surface area contributed by atoms with Crippen LogP contribution in [0.4, 0.5) is 10.1 Å². The molecule has 0 saturated carbocycles. The zero-order chi connectivity index (χ0) is 30.2. The molecule has 41 heavy (non-hydrogen) atoms. The lowest BCUT2D eigenvalue weighted by molar-refractivity contribution is 0.0809. The highest BCUT2D eigenvalue weighted by Gasteiger charge is 2.24. The SMILES string of the molecule is CCCC[C@H](O)[C@H](Cc1ccccc1)NC(=O)c1cc(C(=O)N[C@H](C)c2ccc(F)cc2)cc(N(C)S(C)(=O)=O)c1. The molecule has 10 heteroatoms. The average Bonchev–Trinajstić information content (AvgIpc) is 2.95. The molecule has 0 spiro atoms. The summed E-state index contributed by atoms with van der Waals surface area (Å²) < 4.78 is 39.0. The van der Waals surface area contributed by atoms with Crippen molar-refractivity contribution in [3.05, 3.63) is 101 Å². The topological polar surface area (TPSA) is 116 Å². The van der Waals surface area contributed by atoms with Gasteiger partial charge >= 0.3 is 0 Å². The number of carbonyl (C=O) groups is 2. The number of anilines is 1. The first-order valence-corrected chi connectivity index (χ1v) is 15.4. The van der Waals surface area contributed by atoms with Crippen molar-refractivity contribution >= 4 is 27.5 Å². The van der Waals surface area contributed by atoms with E-state index >= 15 is 0 Å². The van der Waals surface area contributed by atoms with E-state index in [4.69, 9.17) is 0 Å². The van der Waals surface area contributed by atoms with Gasteiger partial charge in [0.15, 0.2) is 0 Å². The fraction of sp³-hybridized carbons (Fsp3) is 0.355. The minimum absolute atomic E-state index is 0.0679. The Hall–Kier alpha value is -3.76. The second kappa shape index (κ2) is 14.2. The Labute approximate surface area is 241 Å². The van der Waals surface area contributed by atoms with Crippen molar-refractivity contribution < 1.29 is 27.5 Å². The molecule has 0 bridgehead atoms. The summed E-state index contributed by atoms with van der Waals surface area (Å²) in [5, 5.41) is 16.7. The number of aliphatic hydroxyl groups excluding tert-OH is 1. The molecule has 0 aliphatic heterocycles. The van der Waals surface area contributed by atoms with E-state index in [9.17, 15) is 27.5 Å². The van der Waals surface area contributed by atoms with Gasteiger partial charge in [0.2, 0.25) is 10.0 Å². The predicted molar refractivity (Wildman–Crippen MR) is 159 cm³/mol. The minimum atomic E-state index is -3.70. The summed E-state index contributed by atoms with van der Waals surface area (Å²) in [5.41, 5.74) is 1.88. The summed E-state index contributed by atoms with van der Waals surface area (Å²) >= 11 is 0. The number of nitrogens with zero attached hydrogens (tertiary/aromatic N) is 1. The third-order valence-electron chi connectivity index (χ3n) is 6.95. The lowest BCUT2D eigenvalue weighted by atomic mass is 9.97. The summed E-state index contributed by atoms with van der Waals surface area (Å²) in [5.74, 6) is -1.49. The van der Waals surface area contributed by atoms with Gasteiger partial charge < -0.3 is 15.7 Å². The highest BCUT2D eigenvalue weighted by molar-refractivity contribution is 7.92. The summed E-state index contributed by atoms with van der Waals surface area (Å²) in [6.07, 6.45) is 2.78.